The van der Waals surface area contributed by atoms with Crippen LogP contribution in [0, 0.1) is 13.8 Å². The van der Waals surface area contributed by atoms with Crippen LogP contribution in [0.25, 0.3) is 0 Å². The molecule has 0 saturated heterocycles. The molecule has 0 bridgehead atoms. The number of carbonyl (C=O) groups is 1. The van der Waals surface area contributed by atoms with Gasteiger partial charge >= 0.3 is 0 Å². The Hall–Kier alpha value is -1.35. The van der Waals surface area contributed by atoms with Gasteiger partial charge in [-0.1, -0.05) is 19.1 Å². The number of amides is 1. The number of anilines is 1. The summed E-state index contributed by atoms with van der Waals surface area (Å²) >= 11 is 0. The fraction of sp³-hybridized carbons (Fsp3) is 0.417. The van der Waals surface area contributed by atoms with E-state index < -0.39 is 6.04 Å². The van der Waals surface area contributed by atoms with Gasteiger partial charge in [0, 0.05) is 5.69 Å². The van der Waals surface area contributed by atoms with E-state index in [2.05, 4.69) is 5.32 Å². The quantitative estimate of drug-likeness (QED) is 0.794. The van der Waals surface area contributed by atoms with E-state index in [1.54, 1.807) is 0 Å². The molecule has 0 aliphatic carbocycles. The molecular weight excluding hydrogens is 188 g/mol. The van der Waals surface area contributed by atoms with E-state index in [9.17, 15) is 4.79 Å². The van der Waals surface area contributed by atoms with E-state index in [1.165, 1.54) is 0 Å². The summed E-state index contributed by atoms with van der Waals surface area (Å²) in [5.41, 5.74) is 8.67. The zero-order chi connectivity index (χ0) is 11.4. The van der Waals surface area contributed by atoms with Gasteiger partial charge in [0.15, 0.2) is 0 Å². The Morgan fingerprint density at radius 1 is 1.47 bits per heavy atom. The number of nitrogens with two attached hydrogens (primary N) is 1. The van der Waals surface area contributed by atoms with E-state index in [4.69, 9.17) is 5.73 Å². The molecule has 82 valence electrons. The highest BCUT2D eigenvalue weighted by Crippen LogP contribution is 2.16. The molecule has 1 amide bonds. The van der Waals surface area contributed by atoms with Crippen LogP contribution in [0.15, 0.2) is 18.2 Å². The van der Waals surface area contributed by atoms with Crippen LogP contribution in [0.4, 0.5) is 5.69 Å². The van der Waals surface area contributed by atoms with E-state index in [1.807, 2.05) is 39.0 Å². The highest BCUT2D eigenvalue weighted by Gasteiger charge is 2.11. The lowest BCUT2D eigenvalue weighted by atomic mass is 10.1. The van der Waals surface area contributed by atoms with Gasteiger partial charge < -0.3 is 11.1 Å². The molecule has 1 unspecified atom stereocenters. The molecule has 1 aromatic carbocycles. The molecule has 0 fully saturated rings. The molecule has 1 atom stereocenters. The first-order chi connectivity index (χ1) is 7.04. The maximum atomic E-state index is 11.6. The van der Waals surface area contributed by atoms with Gasteiger partial charge in [-0.3, -0.25) is 4.79 Å². The molecule has 0 aliphatic rings. The number of rotatable bonds is 3. The minimum atomic E-state index is -0.426. The van der Waals surface area contributed by atoms with Crippen molar-refractivity contribution >= 4 is 11.6 Å². The normalized spacial score (nSPS) is 12.3. The predicted molar refractivity (Wildman–Crippen MR) is 62.8 cm³/mol. The molecule has 0 radical (unpaired) electrons. The summed E-state index contributed by atoms with van der Waals surface area (Å²) in [5.74, 6) is -0.119. The molecule has 0 aliphatic heterocycles. The van der Waals surface area contributed by atoms with Crippen molar-refractivity contribution in [3.05, 3.63) is 29.3 Å². The second-order valence-corrected chi connectivity index (χ2v) is 3.82. The number of carbonyl (C=O) groups excluding carboxylic acids is 1. The van der Waals surface area contributed by atoms with Crippen LogP contribution < -0.4 is 11.1 Å². The highest BCUT2D eigenvalue weighted by atomic mass is 16.2. The minimum absolute atomic E-state index is 0.119. The van der Waals surface area contributed by atoms with Crippen molar-refractivity contribution in [2.75, 3.05) is 5.32 Å². The van der Waals surface area contributed by atoms with Crippen molar-refractivity contribution in [1.29, 1.82) is 0 Å². The minimum Gasteiger partial charge on any atom is -0.324 e. The molecule has 3 N–H and O–H groups in total. The Balaban J connectivity index is 2.80. The second-order valence-electron chi connectivity index (χ2n) is 3.82. The first-order valence-electron chi connectivity index (χ1n) is 5.18. The SMILES string of the molecule is CCC(N)C(=O)Nc1cc(C)ccc1C. The zero-order valence-corrected chi connectivity index (χ0v) is 9.50. The van der Waals surface area contributed by atoms with Crippen molar-refractivity contribution in [2.45, 2.75) is 33.2 Å². The molecular formula is C12H18N2O. The molecule has 0 aromatic heterocycles. The summed E-state index contributed by atoms with van der Waals surface area (Å²) in [7, 11) is 0. The first kappa shape index (κ1) is 11.7. The Labute approximate surface area is 90.7 Å². The van der Waals surface area contributed by atoms with E-state index in [0.29, 0.717) is 6.42 Å². The largest absolute Gasteiger partial charge is 0.324 e. The van der Waals surface area contributed by atoms with Crippen molar-refractivity contribution in [3.63, 3.8) is 0 Å². The van der Waals surface area contributed by atoms with Gasteiger partial charge in [-0.2, -0.15) is 0 Å². The van der Waals surface area contributed by atoms with Gasteiger partial charge in [0.05, 0.1) is 6.04 Å². The van der Waals surface area contributed by atoms with Crippen LogP contribution in [-0.2, 0) is 4.79 Å². The summed E-state index contributed by atoms with van der Waals surface area (Å²) in [6.45, 7) is 5.86. The Morgan fingerprint density at radius 2 is 2.13 bits per heavy atom. The number of aryl methyl sites for hydroxylation is 2. The summed E-state index contributed by atoms with van der Waals surface area (Å²) < 4.78 is 0. The molecule has 0 spiro atoms. The second kappa shape index (κ2) is 4.94. The fourth-order valence-electron chi connectivity index (χ4n) is 1.28. The van der Waals surface area contributed by atoms with E-state index >= 15 is 0 Å². The summed E-state index contributed by atoms with van der Waals surface area (Å²) in [6.07, 6.45) is 0.650. The topological polar surface area (TPSA) is 55.1 Å². The maximum Gasteiger partial charge on any atom is 0.241 e. The number of nitrogens with one attached hydrogen (secondary N) is 1. The summed E-state index contributed by atoms with van der Waals surface area (Å²) in [5, 5.41) is 2.84. The smallest absolute Gasteiger partial charge is 0.241 e. The maximum absolute atomic E-state index is 11.6. The van der Waals surface area contributed by atoms with Gasteiger partial charge in [0.1, 0.15) is 0 Å². The van der Waals surface area contributed by atoms with E-state index in [-0.39, 0.29) is 5.91 Å². The Bertz CT molecular complexity index is 361. The average molecular weight is 206 g/mol. The fourth-order valence-corrected chi connectivity index (χ4v) is 1.28. The van der Waals surface area contributed by atoms with Crippen LogP contribution >= 0.6 is 0 Å². The van der Waals surface area contributed by atoms with Crippen molar-refractivity contribution in [3.8, 4) is 0 Å². The van der Waals surface area contributed by atoms with Crippen LogP contribution in [0.2, 0.25) is 0 Å². The monoisotopic (exact) mass is 206 g/mol. The lowest BCUT2D eigenvalue weighted by molar-refractivity contribution is -0.117. The first-order valence-corrected chi connectivity index (χ1v) is 5.18. The van der Waals surface area contributed by atoms with Crippen molar-refractivity contribution in [1.82, 2.24) is 0 Å². The van der Waals surface area contributed by atoms with Gasteiger partial charge in [0.2, 0.25) is 5.91 Å². The van der Waals surface area contributed by atoms with Gasteiger partial charge in [-0.15, -0.1) is 0 Å². The predicted octanol–water partition coefficient (Wildman–Crippen LogP) is 1.98. The van der Waals surface area contributed by atoms with Gasteiger partial charge in [-0.05, 0) is 37.5 Å². The molecule has 3 nitrogen and oxygen atoms in total. The van der Waals surface area contributed by atoms with Crippen LogP contribution in [0.1, 0.15) is 24.5 Å². The number of benzene rings is 1. The third-order valence-electron chi connectivity index (χ3n) is 2.43. The third kappa shape index (κ3) is 3.06. The third-order valence-corrected chi connectivity index (χ3v) is 2.43. The van der Waals surface area contributed by atoms with Crippen molar-refractivity contribution in [2.24, 2.45) is 5.73 Å². The summed E-state index contributed by atoms with van der Waals surface area (Å²) in [4.78, 5) is 11.6. The Morgan fingerprint density at radius 3 is 2.73 bits per heavy atom. The number of hydrogen-bond acceptors (Lipinski definition) is 2. The zero-order valence-electron chi connectivity index (χ0n) is 9.50. The lowest BCUT2D eigenvalue weighted by Gasteiger charge is -2.12. The molecule has 0 saturated carbocycles. The van der Waals surface area contributed by atoms with Crippen LogP contribution in [0.3, 0.4) is 0 Å². The Kier molecular flexibility index (Phi) is 3.86. The molecule has 0 heterocycles. The van der Waals surface area contributed by atoms with Gasteiger partial charge in [-0.25, -0.2) is 0 Å². The van der Waals surface area contributed by atoms with Crippen molar-refractivity contribution < 1.29 is 4.79 Å². The van der Waals surface area contributed by atoms with Gasteiger partial charge in [0.25, 0.3) is 0 Å². The standard InChI is InChI=1S/C12H18N2O/c1-4-10(13)12(15)14-11-7-8(2)5-6-9(11)3/h5-7,10H,4,13H2,1-3H3,(H,14,15). The molecule has 15 heavy (non-hydrogen) atoms. The molecule has 1 aromatic rings. The summed E-state index contributed by atoms with van der Waals surface area (Å²) in [6, 6.07) is 5.54. The highest BCUT2D eigenvalue weighted by molar-refractivity contribution is 5.95. The van der Waals surface area contributed by atoms with Crippen LogP contribution in [0.5, 0.6) is 0 Å². The molecule has 1 rings (SSSR count). The average Bonchev–Trinajstić information content (AvgIpc) is 2.22. The van der Waals surface area contributed by atoms with Crippen LogP contribution in [-0.4, -0.2) is 11.9 Å². The lowest BCUT2D eigenvalue weighted by Crippen LogP contribution is -2.35. The molecule has 3 heteroatoms. The number of hydrogen-bond donors (Lipinski definition) is 2. The van der Waals surface area contributed by atoms with E-state index in [0.717, 1.165) is 16.8 Å².